The van der Waals surface area contributed by atoms with Crippen LogP contribution in [0, 0.1) is 17.0 Å². The maximum atomic E-state index is 14.6. The zero-order valence-electron chi connectivity index (χ0n) is 23.5. The quantitative estimate of drug-likeness (QED) is 0.142. The zero-order chi connectivity index (χ0) is 30.7. The van der Waals surface area contributed by atoms with E-state index in [1.54, 1.807) is 43.3 Å². The fraction of sp³-hybridized carbons (Fsp3) is 0.267. The van der Waals surface area contributed by atoms with E-state index in [9.17, 15) is 28.1 Å². The van der Waals surface area contributed by atoms with Crippen molar-refractivity contribution in [2.24, 2.45) is 0 Å². The average Bonchev–Trinajstić information content (AvgIpc) is 3.36. The number of benzene rings is 3. The molecule has 0 fully saturated rings. The van der Waals surface area contributed by atoms with Gasteiger partial charge in [-0.3, -0.25) is 10.1 Å². The van der Waals surface area contributed by atoms with Gasteiger partial charge in [0.05, 0.1) is 36.2 Å². The second-order valence-corrected chi connectivity index (χ2v) is 11.2. The second-order valence-electron chi connectivity index (χ2n) is 9.37. The smallest absolute Gasteiger partial charge is 0.344 e. The minimum atomic E-state index is -4.65. The van der Waals surface area contributed by atoms with E-state index in [0.717, 1.165) is 9.87 Å². The van der Waals surface area contributed by atoms with Crippen molar-refractivity contribution in [3.05, 3.63) is 106 Å². The number of esters is 2. The largest absolute Gasteiger partial charge is 0.497 e. The van der Waals surface area contributed by atoms with E-state index in [1.807, 2.05) is 0 Å². The van der Waals surface area contributed by atoms with Crippen molar-refractivity contribution in [2.45, 2.75) is 37.2 Å². The van der Waals surface area contributed by atoms with Crippen LogP contribution >= 0.6 is 0 Å². The Morgan fingerprint density at radius 2 is 1.45 bits per heavy atom. The number of ether oxygens (including phenoxy) is 3. The number of hydrogen-bond acceptors (Lipinski definition) is 9. The summed E-state index contributed by atoms with van der Waals surface area (Å²) in [6.07, 6.45) is 1.47. The van der Waals surface area contributed by atoms with E-state index >= 15 is 0 Å². The minimum Gasteiger partial charge on any atom is -0.497 e. The third-order valence-electron chi connectivity index (χ3n) is 6.86. The van der Waals surface area contributed by atoms with Crippen LogP contribution in [-0.4, -0.2) is 55.4 Å². The van der Waals surface area contributed by atoms with Gasteiger partial charge in [0.25, 0.3) is 11.2 Å². The molecule has 0 bridgehead atoms. The average molecular weight is 595 g/mol. The topological polar surface area (TPSA) is 142 Å². The van der Waals surface area contributed by atoms with Crippen molar-refractivity contribution in [1.29, 1.82) is 0 Å². The number of methoxy groups -OCH3 is 1. The summed E-state index contributed by atoms with van der Waals surface area (Å²) < 4.78 is 46.0. The first-order valence-corrected chi connectivity index (χ1v) is 14.5. The van der Waals surface area contributed by atoms with Gasteiger partial charge in [-0.15, -0.1) is 0 Å². The molecule has 11 nitrogen and oxygen atoms in total. The lowest BCUT2D eigenvalue weighted by Gasteiger charge is -2.38. The molecule has 1 aliphatic rings. The molecule has 4 rings (SSSR count). The monoisotopic (exact) mass is 594 g/mol. The number of hydrogen-bond donors (Lipinski definition) is 0. The van der Waals surface area contributed by atoms with Gasteiger partial charge in [0.1, 0.15) is 5.75 Å². The number of nitrogens with zero attached hydrogens (tertiary/aromatic N) is 2. The number of nitro groups is 1. The molecule has 0 saturated heterocycles. The third kappa shape index (κ3) is 5.26. The van der Waals surface area contributed by atoms with Gasteiger partial charge in [-0.2, -0.15) is 4.31 Å². The van der Waals surface area contributed by atoms with Gasteiger partial charge in [0, 0.05) is 17.7 Å². The fourth-order valence-corrected chi connectivity index (χ4v) is 6.68. The SMILES string of the molecule is CCOC(=O)C1(C(=O)OCC)C(c2ccc(OC)cc2)=CC(c2ccc([N+](=O)[O-])cc2)N1S(=O)(=O)c1ccc(C)cc1. The van der Waals surface area contributed by atoms with E-state index < -0.39 is 38.5 Å². The molecule has 0 aliphatic carbocycles. The van der Waals surface area contributed by atoms with Gasteiger partial charge in [0.15, 0.2) is 0 Å². The van der Waals surface area contributed by atoms with Crippen LogP contribution in [-0.2, 0) is 29.1 Å². The maximum Gasteiger partial charge on any atom is 0.344 e. The Balaban J connectivity index is 2.10. The molecular formula is C30H30N2O9S. The lowest BCUT2D eigenvalue weighted by atomic mass is 9.86. The molecule has 0 N–H and O–H groups in total. The molecule has 0 aromatic heterocycles. The van der Waals surface area contributed by atoms with Crippen molar-refractivity contribution in [1.82, 2.24) is 4.31 Å². The number of rotatable bonds is 10. The summed E-state index contributed by atoms with van der Waals surface area (Å²) in [6, 6.07) is 16.3. The fourth-order valence-electron chi connectivity index (χ4n) is 4.88. The highest BCUT2D eigenvalue weighted by atomic mass is 32.2. The molecule has 3 aromatic carbocycles. The molecule has 1 unspecified atom stereocenters. The Bertz CT molecular complexity index is 1600. The van der Waals surface area contributed by atoms with Gasteiger partial charge in [-0.25, -0.2) is 18.0 Å². The summed E-state index contributed by atoms with van der Waals surface area (Å²) in [7, 11) is -3.17. The van der Waals surface area contributed by atoms with Crippen LogP contribution in [0.25, 0.3) is 5.57 Å². The first kappa shape index (κ1) is 30.4. The lowest BCUT2D eigenvalue weighted by Crippen LogP contribution is -2.61. The number of aryl methyl sites for hydroxylation is 1. The number of carbonyl (C=O) groups is 2. The van der Waals surface area contributed by atoms with Crippen LogP contribution in [0.1, 0.15) is 36.6 Å². The number of non-ortho nitro benzene ring substituents is 1. The standard InChI is InChI=1S/C30H30N2O9S/c1-5-40-28(33)30(29(34)41-6-2)26(21-11-15-24(39-4)16-12-21)19-27(22-9-13-23(14-10-22)32(35)36)31(30)42(37,38)25-17-7-20(3)8-18-25/h7-19,27H,5-6H2,1-4H3. The van der Waals surface area contributed by atoms with E-state index in [2.05, 4.69) is 0 Å². The van der Waals surface area contributed by atoms with Crippen molar-refractivity contribution >= 4 is 33.2 Å². The Kier molecular flexibility index (Phi) is 8.78. The Labute approximate surface area is 243 Å². The summed E-state index contributed by atoms with van der Waals surface area (Å²) >= 11 is 0. The van der Waals surface area contributed by atoms with Gasteiger partial charge < -0.3 is 14.2 Å². The van der Waals surface area contributed by atoms with Gasteiger partial charge in [0.2, 0.25) is 10.0 Å². The van der Waals surface area contributed by atoms with Gasteiger partial charge in [-0.05, 0) is 56.2 Å². The third-order valence-corrected chi connectivity index (χ3v) is 8.75. The first-order chi connectivity index (χ1) is 20.0. The van der Waals surface area contributed by atoms with Gasteiger partial charge >= 0.3 is 11.9 Å². The first-order valence-electron chi connectivity index (χ1n) is 13.1. The molecule has 12 heteroatoms. The number of carbonyl (C=O) groups excluding carboxylic acids is 2. The van der Waals surface area contributed by atoms with Crippen molar-refractivity contribution in [2.75, 3.05) is 20.3 Å². The molecule has 3 aromatic rings. The minimum absolute atomic E-state index is 0.0149. The summed E-state index contributed by atoms with van der Waals surface area (Å²) in [4.78, 5) is 38.7. The van der Waals surface area contributed by atoms with Crippen molar-refractivity contribution in [3.8, 4) is 5.75 Å². The molecule has 0 radical (unpaired) electrons. The summed E-state index contributed by atoms with van der Waals surface area (Å²) in [5.74, 6) is -1.80. The predicted molar refractivity (Wildman–Crippen MR) is 153 cm³/mol. The normalized spacial score (nSPS) is 16.4. The molecular weight excluding hydrogens is 564 g/mol. The number of sulfonamides is 1. The molecule has 220 valence electrons. The predicted octanol–water partition coefficient (Wildman–Crippen LogP) is 4.61. The molecule has 0 spiro atoms. The van der Waals surface area contributed by atoms with Crippen LogP contribution < -0.4 is 4.74 Å². The van der Waals surface area contributed by atoms with E-state index in [-0.39, 0.29) is 34.9 Å². The van der Waals surface area contributed by atoms with Crippen molar-refractivity contribution in [3.63, 3.8) is 0 Å². The Morgan fingerprint density at radius 1 is 0.905 bits per heavy atom. The molecule has 0 amide bonds. The highest BCUT2D eigenvalue weighted by molar-refractivity contribution is 7.89. The van der Waals surface area contributed by atoms with E-state index in [1.165, 1.54) is 63.4 Å². The maximum absolute atomic E-state index is 14.6. The molecule has 0 saturated carbocycles. The second kappa shape index (κ2) is 12.1. The Morgan fingerprint density at radius 3 is 1.93 bits per heavy atom. The molecule has 1 heterocycles. The van der Waals surface area contributed by atoms with Gasteiger partial charge in [-0.1, -0.05) is 48.0 Å². The van der Waals surface area contributed by atoms with E-state index in [0.29, 0.717) is 11.3 Å². The molecule has 42 heavy (non-hydrogen) atoms. The highest BCUT2D eigenvalue weighted by Gasteiger charge is 2.66. The summed E-state index contributed by atoms with van der Waals surface area (Å²) in [6.45, 7) is 4.55. The van der Waals surface area contributed by atoms with Crippen LogP contribution in [0.3, 0.4) is 0 Å². The molecule has 1 atom stereocenters. The Hall–Kier alpha value is -4.55. The van der Waals surface area contributed by atoms with Crippen LogP contribution in [0.4, 0.5) is 5.69 Å². The highest BCUT2D eigenvalue weighted by Crippen LogP contribution is 2.51. The van der Waals surface area contributed by atoms with E-state index in [4.69, 9.17) is 14.2 Å². The lowest BCUT2D eigenvalue weighted by molar-refractivity contribution is -0.384. The van der Waals surface area contributed by atoms with Crippen molar-refractivity contribution < 1.29 is 37.1 Å². The zero-order valence-corrected chi connectivity index (χ0v) is 24.3. The number of nitro benzene ring substituents is 1. The van der Waals surface area contributed by atoms with Crippen LogP contribution in [0.2, 0.25) is 0 Å². The van der Waals surface area contributed by atoms with Crippen LogP contribution in [0.5, 0.6) is 5.75 Å². The molecule has 1 aliphatic heterocycles. The summed E-state index contributed by atoms with van der Waals surface area (Å²) in [5.41, 5.74) is -1.40. The summed E-state index contributed by atoms with van der Waals surface area (Å²) in [5, 5.41) is 11.3. The van der Waals surface area contributed by atoms with Crippen LogP contribution in [0.15, 0.2) is 83.8 Å².